The summed E-state index contributed by atoms with van der Waals surface area (Å²) in [7, 11) is 0. The van der Waals surface area contributed by atoms with Gasteiger partial charge in [0.1, 0.15) is 12.3 Å². The molecule has 2 rings (SSSR count). The fourth-order valence-electron chi connectivity index (χ4n) is 2.05. The van der Waals surface area contributed by atoms with Gasteiger partial charge in [-0.25, -0.2) is 0 Å². The summed E-state index contributed by atoms with van der Waals surface area (Å²) >= 11 is 0. The van der Waals surface area contributed by atoms with Gasteiger partial charge in [0, 0.05) is 6.54 Å². The van der Waals surface area contributed by atoms with Crippen LogP contribution in [0.25, 0.3) is 0 Å². The molecule has 6 heteroatoms. The minimum atomic E-state index is -0.582. The van der Waals surface area contributed by atoms with E-state index in [4.69, 9.17) is 10.5 Å². The van der Waals surface area contributed by atoms with E-state index in [2.05, 4.69) is 5.32 Å². The Kier molecular flexibility index (Phi) is 4.57. The molecule has 1 atom stereocenters. The minimum absolute atomic E-state index is 0.00584. The Balaban J connectivity index is 2.09. The molecule has 6 nitrogen and oxygen atoms in total. The summed E-state index contributed by atoms with van der Waals surface area (Å²) in [5.74, 6) is 0.211. The van der Waals surface area contributed by atoms with E-state index in [1.54, 1.807) is 19.1 Å². The molecule has 2 amide bonds. The van der Waals surface area contributed by atoms with Crippen LogP contribution in [0.3, 0.4) is 0 Å². The van der Waals surface area contributed by atoms with E-state index in [9.17, 15) is 9.59 Å². The highest BCUT2D eigenvalue weighted by atomic mass is 16.5. The zero-order chi connectivity index (χ0) is 14.5. The van der Waals surface area contributed by atoms with E-state index in [0.717, 1.165) is 6.42 Å². The van der Waals surface area contributed by atoms with Crippen LogP contribution in [0.2, 0.25) is 0 Å². The van der Waals surface area contributed by atoms with E-state index in [1.165, 1.54) is 4.90 Å². The average Bonchev–Trinajstić information content (AvgIpc) is 2.44. The molecular formula is C14H19N3O3. The maximum atomic E-state index is 12.2. The molecule has 0 radical (unpaired) electrons. The molecule has 0 saturated carbocycles. The molecule has 0 bridgehead atoms. The molecule has 0 spiro atoms. The number of nitrogens with one attached hydrogen (secondary N) is 1. The number of hydrogen-bond acceptors (Lipinski definition) is 4. The van der Waals surface area contributed by atoms with Gasteiger partial charge in [-0.05, 0) is 32.0 Å². The first-order valence-electron chi connectivity index (χ1n) is 6.67. The van der Waals surface area contributed by atoms with Gasteiger partial charge in [-0.3, -0.25) is 14.5 Å². The molecule has 108 valence electrons. The third-order valence-corrected chi connectivity index (χ3v) is 3.08. The number of fused-ring (bicyclic) bond motifs is 1. The van der Waals surface area contributed by atoms with Crippen molar-refractivity contribution in [3.63, 3.8) is 0 Å². The number of carbonyl (C=O) groups excluding carboxylic acids is 2. The zero-order valence-corrected chi connectivity index (χ0v) is 11.5. The van der Waals surface area contributed by atoms with Crippen molar-refractivity contribution >= 4 is 17.5 Å². The lowest BCUT2D eigenvalue weighted by molar-refractivity contribution is -0.128. The molecule has 1 aromatic rings. The Bertz CT molecular complexity index is 504. The smallest absolute Gasteiger partial charge is 0.268 e. The van der Waals surface area contributed by atoms with Gasteiger partial charge in [-0.15, -0.1) is 0 Å². The van der Waals surface area contributed by atoms with E-state index < -0.39 is 6.10 Å². The molecule has 1 aliphatic heterocycles. The molecular weight excluding hydrogens is 258 g/mol. The fraction of sp³-hybridized carbons (Fsp3) is 0.429. The number of amides is 2. The SMILES string of the molecule is CC1Oc2ccccc2N(CC(=O)NCCCN)C1=O. The molecule has 3 N–H and O–H groups in total. The highest BCUT2D eigenvalue weighted by molar-refractivity contribution is 6.03. The first-order chi connectivity index (χ1) is 9.63. The first kappa shape index (κ1) is 14.3. The summed E-state index contributed by atoms with van der Waals surface area (Å²) in [6, 6.07) is 7.20. The molecule has 1 aromatic carbocycles. The standard InChI is InChI=1S/C14H19N3O3/c1-10-14(19)17(9-13(18)16-8-4-7-15)11-5-2-3-6-12(11)20-10/h2-3,5-6,10H,4,7-9,15H2,1H3,(H,16,18). The maximum absolute atomic E-state index is 12.2. The van der Waals surface area contributed by atoms with Crippen molar-refractivity contribution in [3.05, 3.63) is 24.3 Å². The molecule has 0 saturated heterocycles. The Labute approximate surface area is 117 Å². The van der Waals surface area contributed by atoms with Crippen molar-refractivity contribution in [1.82, 2.24) is 5.32 Å². The summed E-state index contributed by atoms with van der Waals surface area (Å²) in [4.78, 5) is 25.5. The van der Waals surface area contributed by atoms with Crippen molar-refractivity contribution in [2.75, 3.05) is 24.5 Å². The van der Waals surface area contributed by atoms with E-state index in [1.807, 2.05) is 12.1 Å². The van der Waals surface area contributed by atoms with Crippen LogP contribution in [0.4, 0.5) is 5.69 Å². The van der Waals surface area contributed by atoms with Gasteiger partial charge in [0.15, 0.2) is 6.10 Å². The quantitative estimate of drug-likeness (QED) is 0.756. The summed E-state index contributed by atoms with van der Waals surface area (Å²) in [6.07, 6.45) is 0.136. The maximum Gasteiger partial charge on any atom is 0.268 e. The van der Waals surface area contributed by atoms with Crippen LogP contribution in [0.15, 0.2) is 24.3 Å². The molecule has 1 aliphatic rings. The number of benzene rings is 1. The van der Waals surface area contributed by atoms with Crippen molar-refractivity contribution in [2.45, 2.75) is 19.4 Å². The highest BCUT2D eigenvalue weighted by Gasteiger charge is 2.32. The van der Waals surface area contributed by atoms with Gasteiger partial charge in [-0.2, -0.15) is 0 Å². The molecule has 0 aliphatic carbocycles. The van der Waals surface area contributed by atoms with E-state index in [0.29, 0.717) is 24.5 Å². The summed E-state index contributed by atoms with van der Waals surface area (Å²) < 4.78 is 5.51. The molecule has 0 aromatic heterocycles. The van der Waals surface area contributed by atoms with Gasteiger partial charge in [0.2, 0.25) is 5.91 Å². The molecule has 0 fully saturated rings. The molecule has 20 heavy (non-hydrogen) atoms. The normalized spacial score (nSPS) is 17.4. The summed E-state index contributed by atoms with van der Waals surface area (Å²) in [5.41, 5.74) is 6.00. The van der Waals surface area contributed by atoms with E-state index >= 15 is 0 Å². The van der Waals surface area contributed by atoms with E-state index in [-0.39, 0.29) is 18.4 Å². The van der Waals surface area contributed by atoms with Crippen molar-refractivity contribution in [3.8, 4) is 5.75 Å². The Morgan fingerprint density at radius 2 is 2.20 bits per heavy atom. The van der Waals surface area contributed by atoms with Crippen LogP contribution >= 0.6 is 0 Å². The van der Waals surface area contributed by atoms with Gasteiger partial charge in [0.05, 0.1) is 5.69 Å². The average molecular weight is 277 g/mol. The topological polar surface area (TPSA) is 84.7 Å². The number of rotatable bonds is 5. The monoisotopic (exact) mass is 277 g/mol. The van der Waals surface area contributed by atoms with Crippen LogP contribution in [0.5, 0.6) is 5.75 Å². The third-order valence-electron chi connectivity index (χ3n) is 3.08. The Hall–Kier alpha value is -2.08. The largest absolute Gasteiger partial charge is 0.479 e. The van der Waals surface area contributed by atoms with Crippen molar-refractivity contribution < 1.29 is 14.3 Å². The number of ether oxygens (including phenoxy) is 1. The number of anilines is 1. The second-order valence-electron chi connectivity index (χ2n) is 4.64. The summed E-state index contributed by atoms with van der Waals surface area (Å²) in [5, 5.41) is 2.74. The predicted octanol–water partition coefficient (Wildman–Crippen LogP) is 0.265. The van der Waals surface area contributed by atoms with Gasteiger partial charge in [0.25, 0.3) is 5.91 Å². The second kappa shape index (κ2) is 6.38. The summed E-state index contributed by atoms with van der Waals surface area (Å²) in [6.45, 7) is 2.72. The number of hydrogen-bond donors (Lipinski definition) is 2. The molecule has 1 unspecified atom stereocenters. The third kappa shape index (κ3) is 3.08. The lowest BCUT2D eigenvalue weighted by Crippen LogP contribution is -2.48. The number of nitrogens with two attached hydrogens (primary N) is 1. The highest BCUT2D eigenvalue weighted by Crippen LogP contribution is 2.33. The van der Waals surface area contributed by atoms with Crippen molar-refractivity contribution in [1.29, 1.82) is 0 Å². The van der Waals surface area contributed by atoms with Gasteiger partial charge >= 0.3 is 0 Å². The lowest BCUT2D eigenvalue weighted by atomic mass is 10.2. The van der Waals surface area contributed by atoms with Crippen LogP contribution in [-0.2, 0) is 9.59 Å². The Morgan fingerprint density at radius 1 is 1.45 bits per heavy atom. The molecule has 1 heterocycles. The number of para-hydroxylation sites is 2. The van der Waals surface area contributed by atoms with Crippen LogP contribution < -0.4 is 20.7 Å². The van der Waals surface area contributed by atoms with Crippen LogP contribution in [0, 0.1) is 0 Å². The van der Waals surface area contributed by atoms with Gasteiger partial charge < -0.3 is 15.8 Å². The van der Waals surface area contributed by atoms with Crippen molar-refractivity contribution in [2.24, 2.45) is 5.73 Å². The number of nitrogens with zero attached hydrogens (tertiary/aromatic N) is 1. The number of carbonyl (C=O) groups is 2. The van der Waals surface area contributed by atoms with Gasteiger partial charge in [-0.1, -0.05) is 12.1 Å². The van der Waals surface area contributed by atoms with Crippen LogP contribution in [0.1, 0.15) is 13.3 Å². The Morgan fingerprint density at radius 3 is 2.95 bits per heavy atom. The first-order valence-corrected chi connectivity index (χ1v) is 6.67. The fourth-order valence-corrected chi connectivity index (χ4v) is 2.05. The lowest BCUT2D eigenvalue weighted by Gasteiger charge is -2.32. The van der Waals surface area contributed by atoms with Crippen LogP contribution in [-0.4, -0.2) is 37.6 Å². The zero-order valence-electron chi connectivity index (χ0n) is 11.5. The second-order valence-corrected chi connectivity index (χ2v) is 4.64. The minimum Gasteiger partial charge on any atom is -0.479 e. The predicted molar refractivity (Wildman–Crippen MR) is 75.6 cm³/mol.